The van der Waals surface area contributed by atoms with Crippen LogP contribution in [0.3, 0.4) is 0 Å². The monoisotopic (exact) mass is 311 g/mol. The average Bonchev–Trinajstić information content (AvgIpc) is 2.57. The molecule has 1 aromatic carbocycles. The molecule has 0 amide bonds. The van der Waals surface area contributed by atoms with Gasteiger partial charge in [0.05, 0.1) is 0 Å². The number of phenolic OH excluding ortho intramolecular Hbond substituents is 1. The molecule has 0 spiro atoms. The number of phenols is 1. The molecule has 2 aromatic rings. The third kappa shape index (κ3) is 4.53. The number of pyridine rings is 1. The van der Waals surface area contributed by atoms with Crippen LogP contribution in [0.5, 0.6) is 5.75 Å². The third-order valence-corrected chi connectivity index (χ3v) is 4.60. The maximum atomic E-state index is 9.60. The number of nitrogens with zero attached hydrogens (tertiary/aromatic N) is 2. The molecule has 122 valence electrons. The standard InChI is InChI=1S/C19H25N3O/c1-15(17-3-2-4-19(23)13-17)21-18-7-11-22(12-8-18)14-16-5-9-20-10-6-16/h2-6,9-10,13,15,18,21,23H,7-8,11-12,14H2,1H3/t15-/m1/s1. The number of piperidine rings is 1. The molecule has 1 saturated heterocycles. The fraction of sp³-hybridized carbons (Fsp3) is 0.421. The van der Waals surface area contributed by atoms with Crippen LogP contribution >= 0.6 is 0 Å². The summed E-state index contributed by atoms with van der Waals surface area (Å²) in [4.78, 5) is 6.58. The van der Waals surface area contributed by atoms with Gasteiger partial charge < -0.3 is 10.4 Å². The summed E-state index contributed by atoms with van der Waals surface area (Å²) in [6, 6.07) is 12.5. The zero-order valence-corrected chi connectivity index (χ0v) is 13.7. The summed E-state index contributed by atoms with van der Waals surface area (Å²) in [5, 5.41) is 13.3. The molecular formula is C19H25N3O. The van der Waals surface area contributed by atoms with Crippen molar-refractivity contribution in [2.75, 3.05) is 13.1 Å². The van der Waals surface area contributed by atoms with E-state index in [-0.39, 0.29) is 6.04 Å². The first-order chi connectivity index (χ1) is 11.2. The molecule has 4 nitrogen and oxygen atoms in total. The van der Waals surface area contributed by atoms with E-state index in [1.54, 1.807) is 6.07 Å². The molecule has 0 unspecified atom stereocenters. The Morgan fingerprint density at radius 1 is 1.22 bits per heavy atom. The lowest BCUT2D eigenvalue weighted by molar-refractivity contribution is 0.185. The quantitative estimate of drug-likeness (QED) is 0.891. The first-order valence-corrected chi connectivity index (χ1v) is 8.37. The molecule has 1 fully saturated rings. The van der Waals surface area contributed by atoms with Crippen LogP contribution in [0, 0.1) is 0 Å². The Balaban J connectivity index is 1.47. The molecule has 2 heterocycles. The van der Waals surface area contributed by atoms with Crippen LogP contribution in [0.15, 0.2) is 48.8 Å². The maximum absolute atomic E-state index is 9.60. The summed E-state index contributed by atoms with van der Waals surface area (Å²) in [5.41, 5.74) is 2.48. The Bertz CT molecular complexity index is 609. The van der Waals surface area contributed by atoms with Crippen molar-refractivity contribution >= 4 is 0 Å². The van der Waals surface area contributed by atoms with Crippen molar-refractivity contribution in [2.45, 2.75) is 38.4 Å². The van der Waals surface area contributed by atoms with Gasteiger partial charge in [0.2, 0.25) is 0 Å². The summed E-state index contributed by atoms with van der Waals surface area (Å²) in [6.07, 6.45) is 6.05. The highest BCUT2D eigenvalue weighted by Gasteiger charge is 2.21. The zero-order chi connectivity index (χ0) is 16.1. The van der Waals surface area contributed by atoms with Crippen LogP contribution < -0.4 is 5.32 Å². The van der Waals surface area contributed by atoms with E-state index in [2.05, 4.69) is 40.3 Å². The van der Waals surface area contributed by atoms with Gasteiger partial charge in [-0.25, -0.2) is 0 Å². The molecule has 0 radical (unpaired) electrons. The summed E-state index contributed by atoms with van der Waals surface area (Å²) < 4.78 is 0. The van der Waals surface area contributed by atoms with E-state index in [0.717, 1.165) is 38.0 Å². The highest BCUT2D eigenvalue weighted by molar-refractivity contribution is 5.29. The van der Waals surface area contributed by atoms with Gasteiger partial charge in [0.25, 0.3) is 0 Å². The fourth-order valence-electron chi connectivity index (χ4n) is 3.25. The van der Waals surface area contributed by atoms with Gasteiger partial charge >= 0.3 is 0 Å². The van der Waals surface area contributed by atoms with E-state index in [4.69, 9.17) is 0 Å². The van der Waals surface area contributed by atoms with E-state index < -0.39 is 0 Å². The Labute approximate surface area is 138 Å². The number of nitrogens with one attached hydrogen (secondary N) is 1. The van der Waals surface area contributed by atoms with Gasteiger partial charge in [-0.15, -0.1) is 0 Å². The van der Waals surface area contributed by atoms with Gasteiger partial charge in [-0.1, -0.05) is 12.1 Å². The number of rotatable bonds is 5. The summed E-state index contributed by atoms with van der Waals surface area (Å²) in [7, 11) is 0. The van der Waals surface area contributed by atoms with Crippen LogP contribution in [0.25, 0.3) is 0 Å². The Morgan fingerprint density at radius 3 is 2.65 bits per heavy atom. The topological polar surface area (TPSA) is 48.4 Å². The molecule has 23 heavy (non-hydrogen) atoms. The Morgan fingerprint density at radius 2 is 1.96 bits per heavy atom. The number of hydrogen-bond acceptors (Lipinski definition) is 4. The molecule has 3 rings (SSSR count). The predicted octanol–water partition coefficient (Wildman–Crippen LogP) is 3.10. The van der Waals surface area contributed by atoms with Gasteiger partial charge in [-0.3, -0.25) is 9.88 Å². The van der Waals surface area contributed by atoms with Gasteiger partial charge in [0.15, 0.2) is 0 Å². The highest BCUT2D eigenvalue weighted by Crippen LogP contribution is 2.21. The predicted molar refractivity (Wildman–Crippen MR) is 92.2 cm³/mol. The molecule has 1 aliphatic heterocycles. The SMILES string of the molecule is C[C@@H](NC1CCN(Cc2ccncc2)CC1)c1cccc(O)c1. The summed E-state index contributed by atoms with van der Waals surface area (Å²) in [6.45, 7) is 5.41. The van der Waals surface area contributed by atoms with Crippen molar-refractivity contribution in [1.82, 2.24) is 15.2 Å². The fourth-order valence-corrected chi connectivity index (χ4v) is 3.25. The number of aromatic hydroxyl groups is 1. The molecule has 0 aliphatic carbocycles. The Kier molecular flexibility index (Phi) is 5.26. The normalized spacial score (nSPS) is 18.0. The van der Waals surface area contributed by atoms with Gasteiger partial charge in [0, 0.05) is 31.0 Å². The van der Waals surface area contributed by atoms with E-state index in [0.29, 0.717) is 11.8 Å². The van der Waals surface area contributed by atoms with Gasteiger partial charge in [-0.05, 0) is 68.2 Å². The lowest BCUT2D eigenvalue weighted by Gasteiger charge is -2.34. The van der Waals surface area contributed by atoms with Crippen LogP contribution in [-0.4, -0.2) is 34.1 Å². The van der Waals surface area contributed by atoms with Crippen LogP contribution in [-0.2, 0) is 6.54 Å². The molecular weight excluding hydrogens is 286 g/mol. The summed E-state index contributed by atoms with van der Waals surface area (Å²) in [5.74, 6) is 0.336. The second-order valence-corrected chi connectivity index (χ2v) is 6.39. The highest BCUT2D eigenvalue weighted by atomic mass is 16.3. The second kappa shape index (κ2) is 7.57. The molecule has 1 aliphatic rings. The molecule has 4 heteroatoms. The number of hydrogen-bond donors (Lipinski definition) is 2. The van der Waals surface area contributed by atoms with Crippen molar-refractivity contribution in [3.05, 3.63) is 59.9 Å². The van der Waals surface area contributed by atoms with Crippen molar-refractivity contribution in [3.8, 4) is 5.75 Å². The van der Waals surface area contributed by atoms with Crippen molar-refractivity contribution < 1.29 is 5.11 Å². The first kappa shape index (κ1) is 16.0. The summed E-state index contributed by atoms with van der Waals surface area (Å²) >= 11 is 0. The first-order valence-electron chi connectivity index (χ1n) is 8.37. The van der Waals surface area contributed by atoms with Crippen molar-refractivity contribution in [3.63, 3.8) is 0 Å². The zero-order valence-electron chi connectivity index (χ0n) is 13.7. The second-order valence-electron chi connectivity index (χ2n) is 6.39. The third-order valence-electron chi connectivity index (χ3n) is 4.60. The largest absolute Gasteiger partial charge is 0.508 e. The Hall–Kier alpha value is -1.91. The van der Waals surface area contributed by atoms with Crippen molar-refractivity contribution in [2.24, 2.45) is 0 Å². The molecule has 1 aromatic heterocycles. The minimum atomic E-state index is 0.263. The van der Waals surface area contributed by atoms with E-state index >= 15 is 0 Å². The van der Waals surface area contributed by atoms with Crippen LogP contribution in [0.1, 0.15) is 36.9 Å². The lowest BCUT2D eigenvalue weighted by Crippen LogP contribution is -2.42. The van der Waals surface area contributed by atoms with E-state index in [1.807, 2.05) is 24.5 Å². The number of aromatic nitrogens is 1. The molecule has 1 atom stereocenters. The van der Waals surface area contributed by atoms with Crippen LogP contribution in [0.2, 0.25) is 0 Å². The van der Waals surface area contributed by atoms with Gasteiger partial charge in [-0.2, -0.15) is 0 Å². The molecule has 2 N–H and O–H groups in total. The maximum Gasteiger partial charge on any atom is 0.115 e. The number of likely N-dealkylation sites (tertiary alicyclic amines) is 1. The minimum absolute atomic E-state index is 0.263. The van der Waals surface area contributed by atoms with Crippen molar-refractivity contribution in [1.29, 1.82) is 0 Å². The van der Waals surface area contributed by atoms with Crippen LogP contribution in [0.4, 0.5) is 0 Å². The molecule has 0 saturated carbocycles. The van der Waals surface area contributed by atoms with E-state index in [9.17, 15) is 5.11 Å². The lowest BCUT2D eigenvalue weighted by atomic mass is 10.0. The molecule has 0 bridgehead atoms. The smallest absolute Gasteiger partial charge is 0.115 e. The average molecular weight is 311 g/mol. The van der Waals surface area contributed by atoms with E-state index in [1.165, 1.54) is 5.56 Å². The minimum Gasteiger partial charge on any atom is -0.508 e. The number of benzene rings is 1. The van der Waals surface area contributed by atoms with Gasteiger partial charge in [0.1, 0.15) is 5.75 Å².